The molecule has 0 spiro atoms. The monoisotopic (exact) mass is 451 g/mol. The van der Waals surface area contributed by atoms with Crippen molar-refractivity contribution in [3.8, 4) is 17.2 Å². The number of pyridine rings is 1. The molecule has 1 amide bonds. The Morgan fingerprint density at radius 3 is 2.29 bits per heavy atom. The first-order chi connectivity index (χ1) is 16.6. The summed E-state index contributed by atoms with van der Waals surface area (Å²) < 4.78 is 5.92. The van der Waals surface area contributed by atoms with Gasteiger partial charge in [0.25, 0.3) is 0 Å². The van der Waals surface area contributed by atoms with Gasteiger partial charge in [-0.25, -0.2) is 4.79 Å². The van der Waals surface area contributed by atoms with Crippen LogP contribution in [0.1, 0.15) is 53.9 Å². The second-order valence-electron chi connectivity index (χ2n) is 9.61. The van der Waals surface area contributed by atoms with E-state index in [4.69, 9.17) is 4.74 Å². The van der Waals surface area contributed by atoms with Gasteiger partial charge in [0.2, 0.25) is 0 Å². The van der Waals surface area contributed by atoms with Crippen molar-refractivity contribution in [2.45, 2.75) is 49.3 Å². The van der Waals surface area contributed by atoms with Gasteiger partial charge in [-0.15, -0.1) is 0 Å². The van der Waals surface area contributed by atoms with E-state index in [0.717, 1.165) is 12.8 Å². The molecule has 2 aliphatic heterocycles. The van der Waals surface area contributed by atoms with Crippen LogP contribution in [0, 0.1) is 11.3 Å². The van der Waals surface area contributed by atoms with Crippen LogP contribution in [-0.4, -0.2) is 39.8 Å². The van der Waals surface area contributed by atoms with E-state index in [-0.39, 0.29) is 24.1 Å². The Balaban J connectivity index is 1.19. The zero-order valence-corrected chi connectivity index (χ0v) is 18.7. The lowest BCUT2D eigenvalue weighted by Crippen LogP contribution is -2.52. The van der Waals surface area contributed by atoms with Gasteiger partial charge in [0, 0.05) is 48.8 Å². The highest BCUT2D eigenvalue weighted by Crippen LogP contribution is 2.47. The lowest BCUT2D eigenvalue weighted by atomic mass is 9.81. The van der Waals surface area contributed by atoms with Gasteiger partial charge in [0.05, 0.1) is 11.2 Å². The summed E-state index contributed by atoms with van der Waals surface area (Å²) in [5, 5.41) is 20.6. The molecule has 2 aromatic carbocycles. The number of carbonyl (C=O) groups is 1. The van der Waals surface area contributed by atoms with Gasteiger partial charge >= 0.3 is 6.09 Å². The highest BCUT2D eigenvalue weighted by atomic mass is 16.6. The maximum atomic E-state index is 13.3. The van der Waals surface area contributed by atoms with Crippen molar-refractivity contribution in [3.63, 3.8) is 0 Å². The predicted molar refractivity (Wildman–Crippen MR) is 126 cm³/mol. The molecule has 6 nitrogen and oxygen atoms in total. The predicted octanol–water partition coefficient (Wildman–Crippen LogP) is 4.72. The van der Waals surface area contributed by atoms with Crippen molar-refractivity contribution in [1.29, 1.82) is 5.26 Å². The summed E-state index contributed by atoms with van der Waals surface area (Å²) >= 11 is 0. The summed E-state index contributed by atoms with van der Waals surface area (Å²) in [6.45, 7) is 0.293. The van der Waals surface area contributed by atoms with Crippen LogP contribution in [-0.2, 0) is 10.3 Å². The van der Waals surface area contributed by atoms with Crippen molar-refractivity contribution in [1.82, 2.24) is 9.88 Å². The standard InChI is InChI=1S/C28H25N3O3/c29-14-18-11-19(16-30-15-18)28(33)12-20-9-10-21(13-28)31(20)27(32)34-17-26-24-7-3-1-5-22(24)23-6-2-4-8-25(23)26/h1-8,11,15-16,20-21,26,33H,9-10,12-13,17H2. The number of aliphatic hydroxyl groups is 1. The highest BCUT2D eigenvalue weighted by molar-refractivity contribution is 5.79. The lowest BCUT2D eigenvalue weighted by Gasteiger charge is -2.43. The third kappa shape index (κ3) is 3.27. The summed E-state index contributed by atoms with van der Waals surface area (Å²) in [5.74, 6) is 0.0236. The van der Waals surface area contributed by atoms with Gasteiger partial charge < -0.3 is 14.7 Å². The maximum absolute atomic E-state index is 13.3. The number of rotatable bonds is 3. The normalized spacial score (nSPS) is 24.9. The Bertz CT molecular complexity index is 1250. The molecule has 2 unspecified atom stereocenters. The molecular formula is C28H25N3O3. The second kappa shape index (κ2) is 7.96. The third-order valence-electron chi connectivity index (χ3n) is 7.72. The van der Waals surface area contributed by atoms with E-state index in [1.54, 1.807) is 12.3 Å². The molecule has 6 heteroatoms. The SMILES string of the molecule is N#Cc1cncc(C2(O)CC3CCC(C2)N3C(=O)OCC2c3ccccc3-c3ccccc32)c1. The Labute approximate surface area is 198 Å². The minimum atomic E-state index is -1.09. The van der Waals surface area contributed by atoms with Crippen LogP contribution in [0.4, 0.5) is 4.79 Å². The smallest absolute Gasteiger partial charge is 0.410 e. The average molecular weight is 452 g/mol. The molecule has 1 aliphatic carbocycles. The van der Waals surface area contributed by atoms with E-state index in [0.29, 0.717) is 30.6 Å². The lowest BCUT2D eigenvalue weighted by molar-refractivity contribution is -0.0533. The largest absolute Gasteiger partial charge is 0.448 e. The number of nitrogens with zero attached hydrogens (tertiary/aromatic N) is 3. The minimum absolute atomic E-state index is 0.0236. The van der Waals surface area contributed by atoms with Gasteiger partial charge in [-0.05, 0) is 41.2 Å². The highest BCUT2D eigenvalue weighted by Gasteiger charge is 2.51. The van der Waals surface area contributed by atoms with Gasteiger partial charge in [-0.1, -0.05) is 48.5 Å². The number of hydrogen-bond acceptors (Lipinski definition) is 5. The van der Waals surface area contributed by atoms with Crippen LogP contribution in [0.2, 0.25) is 0 Å². The molecule has 3 aliphatic rings. The molecule has 6 rings (SSSR count). The van der Waals surface area contributed by atoms with E-state index in [1.807, 2.05) is 29.2 Å². The van der Waals surface area contributed by atoms with Crippen LogP contribution < -0.4 is 0 Å². The molecule has 34 heavy (non-hydrogen) atoms. The number of ether oxygens (including phenoxy) is 1. The molecule has 3 heterocycles. The van der Waals surface area contributed by atoms with Crippen molar-refractivity contribution in [2.75, 3.05) is 6.61 Å². The van der Waals surface area contributed by atoms with Crippen LogP contribution in [0.25, 0.3) is 11.1 Å². The van der Waals surface area contributed by atoms with Gasteiger partial charge in [0.15, 0.2) is 0 Å². The molecular weight excluding hydrogens is 426 g/mol. The number of benzene rings is 2. The topological polar surface area (TPSA) is 86.5 Å². The molecule has 1 aromatic heterocycles. The zero-order valence-electron chi connectivity index (χ0n) is 18.7. The molecule has 3 aromatic rings. The van der Waals surface area contributed by atoms with Crippen LogP contribution in [0.3, 0.4) is 0 Å². The molecule has 170 valence electrons. The molecule has 0 saturated carbocycles. The first kappa shape index (κ1) is 20.9. The molecule has 2 fully saturated rings. The van der Waals surface area contributed by atoms with Crippen molar-refractivity contribution in [2.24, 2.45) is 0 Å². The average Bonchev–Trinajstić information content (AvgIpc) is 3.34. The summed E-state index contributed by atoms with van der Waals surface area (Å²) in [4.78, 5) is 19.2. The van der Waals surface area contributed by atoms with E-state index in [1.165, 1.54) is 28.5 Å². The van der Waals surface area contributed by atoms with Crippen molar-refractivity contribution < 1.29 is 14.6 Å². The number of aromatic nitrogens is 1. The number of fused-ring (bicyclic) bond motifs is 5. The molecule has 2 atom stereocenters. The first-order valence-electron chi connectivity index (χ1n) is 11.8. The van der Waals surface area contributed by atoms with E-state index < -0.39 is 5.60 Å². The number of carbonyl (C=O) groups excluding carboxylic acids is 1. The number of nitriles is 1. The van der Waals surface area contributed by atoms with Crippen molar-refractivity contribution >= 4 is 6.09 Å². The van der Waals surface area contributed by atoms with E-state index in [2.05, 4.69) is 35.3 Å². The summed E-state index contributed by atoms with van der Waals surface area (Å²) in [5.41, 5.74) is 4.78. The fraction of sp³-hybridized carbons (Fsp3) is 0.321. The Morgan fingerprint density at radius 2 is 1.68 bits per heavy atom. The minimum Gasteiger partial charge on any atom is -0.448 e. The Kier molecular flexibility index (Phi) is 4.89. The number of piperidine rings is 1. The summed E-state index contributed by atoms with van der Waals surface area (Å²) in [6, 6.07) is 20.2. The van der Waals surface area contributed by atoms with E-state index >= 15 is 0 Å². The van der Waals surface area contributed by atoms with Gasteiger partial charge in [-0.2, -0.15) is 5.26 Å². The van der Waals surface area contributed by atoms with Crippen molar-refractivity contribution in [3.05, 3.63) is 89.2 Å². The fourth-order valence-corrected chi connectivity index (χ4v) is 6.18. The van der Waals surface area contributed by atoms with Crippen LogP contribution in [0.5, 0.6) is 0 Å². The quantitative estimate of drug-likeness (QED) is 0.623. The summed E-state index contributed by atoms with van der Waals surface area (Å²) in [6.07, 6.45) is 5.33. The third-order valence-corrected chi connectivity index (χ3v) is 7.72. The summed E-state index contributed by atoms with van der Waals surface area (Å²) in [7, 11) is 0. The number of amides is 1. The molecule has 1 N–H and O–H groups in total. The van der Waals surface area contributed by atoms with Crippen LogP contribution >= 0.6 is 0 Å². The number of hydrogen-bond donors (Lipinski definition) is 1. The van der Waals surface area contributed by atoms with Gasteiger partial charge in [0.1, 0.15) is 12.7 Å². The Hall–Kier alpha value is -3.69. The Morgan fingerprint density at radius 1 is 1.06 bits per heavy atom. The van der Waals surface area contributed by atoms with E-state index in [9.17, 15) is 15.2 Å². The molecule has 2 bridgehead atoms. The molecule has 0 radical (unpaired) electrons. The fourth-order valence-electron chi connectivity index (χ4n) is 6.18. The van der Waals surface area contributed by atoms with Gasteiger partial charge in [-0.3, -0.25) is 4.98 Å². The maximum Gasteiger partial charge on any atom is 0.410 e. The molecule has 2 saturated heterocycles. The first-order valence-corrected chi connectivity index (χ1v) is 11.8. The zero-order chi connectivity index (χ0) is 23.3. The van der Waals surface area contributed by atoms with Crippen LogP contribution in [0.15, 0.2) is 67.0 Å². The second-order valence-corrected chi connectivity index (χ2v) is 9.61.